The number of esters is 1. The van der Waals surface area contributed by atoms with E-state index in [-0.39, 0.29) is 24.0 Å². The van der Waals surface area contributed by atoms with E-state index in [0.29, 0.717) is 28.3 Å². The Balaban J connectivity index is 1.80. The monoisotopic (exact) mass is 455 g/mol. The molecule has 0 saturated carbocycles. The minimum absolute atomic E-state index is 0.0128. The number of hydrogen-bond donors (Lipinski definition) is 1. The molecule has 1 amide bonds. The average molecular weight is 456 g/mol. The highest BCUT2D eigenvalue weighted by atomic mass is 35.5. The molecule has 2 saturated heterocycles. The van der Waals surface area contributed by atoms with Gasteiger partial charge in [-0.2, -0.15) is 0 Å². The lowest BCUT2D eigenvalue weighted by atomic mass is 9.94. The van der Waals surface area contributed by atoms with Crippen molar-refractivity contribution in [2.75, 3.05) is 20.3 Å². The highest BCUT2D eigenvalue weighted by Crippen LogP contribution is 2.40. The van der Waals surface area contributed by atoms with Crippen LogP contribution in [0.1, 0.15) is 40.4 Å². The predicted molar refractivity (Wildman–Crippen MR) is 117 cm³/mol. The third-order valence-electron chi connectivity index (χ3n) is 5.73. The lowest BCUT2D eigenvalue weighted by Crippen LogP contribution is -2.36. The molecule has 0 unspecified atom stereocenters. The second kappa shape index (κ2) is 9.14. The van der Waals surface area contributed by atoms with Gasteiger partial charge in [0, 0.05) is 23.7 Å². The first-order chi connectivity index (χ1) is 15.4. The van der Waals surface area contributed by atoms with Crippen LogP contribution in [0, 0.1) is 0 Å². The third kappa shape index (κ3) is 4.13. The number of amides is 1. The van der Waals surface area contributed by atoms with Crippen molar-refractivity contribution in [3.63, 3.8) is 0 Å². The normalized spacial score (nSPS) is 22.4. The summed E-state index contributed by atoms with van der Waals surface area (Å²) < 4.78 is 10.4. The summed E-state index contributed by atoms with van der Waals surface area (Å²) >= 11 is 5.94. The fourth-order valence-electron chi connectivity index (χ4n) is 4.11. The minimum Gasteiger partial charge on any atom is -0.507 e. The van der Waals surface area contributed by atoms with Crippen LogP contribution in [0.25, 0.3) is 5.76 Å². The molecule has 4 rings (SSSR count). The van der Waals surface area contributed by atoms with Crippen molar-refractivity contribution < 1.29 is 29.0 Å². The average Bonchev–Trinajstić information content (AvgIpc) is 3.41. The predicted octanol–water partition coefficient (Wildman–Crippen LogP) is 3.73. The summed E-state index contributed by atoms with van der Waals surface area (Å²) in [5.41, 5.74) is 1.29. The summed E-state index contributed by atoms with van der Waals surface area (Å²) in [6, 6.07) is 12.0. The van der Waals surface area contributed by atoms with Crippen LogP contribution in [-0.4, -0.2) is 54.0 Å². The zero-order valence-corrected chi connectivity index (χ0v) is 18.2. The van der Waals surface area contributed by atoms with Gasteiger partial charge >= 0.3 is 5.97 Å². The molecule has 2 fully saturated rings. The third-order valence-corrected chi connectivity index (χ3v) is 5.98. The van der Waals surface area contributed by atoms with Gasteiger partial charge in [0.25, 0.3) is 11.7 Å². The Kier molecular flexibility index (Phi) is 6.30. The maximum atomic E-state index is 13.0. The SMILES string of the molecule is COC(=O)c1ccc([C@H]2/C(=C(\O)c3ccc(Cl)cc3)C(=O)C(=O)N2C[C@H]2CCCO2)cc1. The molecule has 7 nitrogen and oxygen atoms in total. The lowest BCUT2D eigenvalue weighted by Gasteiger charge is -2.27. The van der Waals surface area contributed by atoms with Crippen molar-refractivity contribution in [2.24, 2.45) is 0 Å². The van der Waals surface area contributed by atoms with Crippen LogP contribution in [0.4, 0.5) is 0 Å². The second-order valence-electron chi connectivity index (χ2n) is 7.71. The van der Waals surface area contributed by atoms with Gasteiger partial charge < -0.3 is 19.5 Å². The summed E-state index contributed by atoms with van der Waals surface area (Å²) in [5.74, 6) is -2.24. The second-order valence-corrected chi connectivity index (χ2v) is 8.14. The zero-order chi connectivity index (χ0) is 22.8. The van der Waals surface area contributed by atoms with Gasteiger partial charge in [0.15, 0.2) is 0 Å². The van der Waals surface area contributed by atoms with Gasteiger partial charge in [-0.05, 0) is 54.8 Å². The van der Waals surface area contributed by atoms with Crippen molar-refractivity contribution in [2.45, 2.75) is 25.0 Å². The molecular weight excluding hydrogens is 434 g/mol. The van der Waals surface area contributed by atoms with Crippen LogP contribution in [0.15, 0.2) is 54.1 Å². The molecule has 32 heavy (non-hydrogen) atoms. The number of aliphatic hydroxyl groups excluding tert-OH is 1. The van der Waals surface area contributed by atoms with Crippen molar-refractivity contribution >= 4 is 35.0 Å². The summed E-state index contributed by atoms with van der Waals surface area (Å²) in [5, 5.41) is 11.5. The van der Waals surface area contributed by atoms with E-state index in [2.05, 4.69) is 0 Å². The Labute approximate surface area is 190 Å². The zero-order valence-electron chi connectivity index (χ0n) is 17.4. The molecule has 0 radical (unpaired) electrons. The number of carbonyl (C=O) groups excluding carboxylic acids is 3. The van der Waals surface area contributed by atoms with E-state index in [0.717, 1.165) is 12.8 Å². The van der Waals surface area contributed by atoms with Crippen LogP contribution in [-0.2, 0) is 19.1 Å². The van der Waals surface area contributed by atoms with Gasteiger partial charge in [-0.3, -0.25) is 9.59 Å². The topological polar surface area (TPSA) is 93.1 Å². The van der Waals surface area contributed by atoms with E-state index in [4.69, 9.17) is 21.1 Å². The highest BCUT2D eigenvalue weighted by Gasteiger charge is 2.47. The highest BCUT2D eigenvalue weighted by molar-refractivity contribution is 6.46. The molecule has 166 valence electrons. The Bertz CT molecular complexity index is 1070. The fourth-order valence-corrected chi connectivity index (χ4v) is 4.23. The molecular formula is C24H22ClNO6. The summed E-state index contributed by atoms with van der Waals surface area (Å²) in [6.45, 7) is 0.837. The number of carbonyl (C=O) groups is 3. The number of Topliss-reactive ketones (excluding diaryl/α,β-unsaturated/α-hetero) is 1. The van der Waals surface area contributed by atoms with Crippen molar-refractivity contribution in [3.05, 3.63) is 75.8 Å². The largest absolute Gasteiger partial charge is 0.507 e. The number of nitrogens with zero attached hydrogens (tertiary/aromatic N) is 1. The molecule has 2 atom stereocenters. The quantitative estimate of drug-likeness (QED) is 0.319. The van der Waals surface area contributed by atoms with Gasteiger partial charge in [0.1, 0.15) is 5.76 Å². The first-order valence-electron chi connectivity index (χ1n) is 10.2. The van der Waals surface area contributed by atoms with E-state index in [1.54, 1.807) is 48.5 Å². The molecule has 0 aromatic heterocycles. The van der Waals surface area contributed by atoms with E-state index >= 15 is 0 Å². The van der Waals surface area contributed by atoms with Gasteiger partial charge in [-0.1, -0.05) is 23.7 Å². The van der Waals surface area contributed by atoms with Crippen LogP contribution >= 0.6 is 11.6 Å². The Morgan fingerprint density at radius 1 is 1.12 bits per heavy atom. The summed E-state index contributed by atoms with van der Waals surface area (Å²) in [4.78, 5) is 39.3. The number of ketones is 1. The van der Waals surface area contributed by atoms with Crippen LogP contribution in [0.2, 0.25) is 5.02 Å². The van der Waals surface area contributed by atoms with Crippen LogP contribution in [0.5, 0.6) is 0 Å². The Morgan fingerprint density at radius 2 is 1.78 bits per heavy atom. The Morgan fingerprint density at radius 3 is 2.38 bits per heavy atom. The summed E-state index contributed by atoms with van der Waals surface area (Å²) in [6.07, 6.45) is 1.49. The number of hydrogen-bond acceptors (Lipinski definition) is 6. The number of rotatable bonds is 5. The molecule has 1 N–H and O–H groups in total. The van der Waals surface area contributed by atoms with Gasteiger partial charge in [-0.25, -0.2) is 4.79 Å². The first kappa shape index (κ1) is 22.0. The number of benzene rings is 2. The summed E-state index contributed by atoms with van der Waals surface area (Å²) in [7, 11) is 1.29. The molecule has 0 spiro atoms. The van der Waals surface area contributed by atoms with E-state index in [1.165, 1.54) is 12.0 Å². The molecule has 0 aliphatic carbocycles. The molecule has 8 heteroatoms. The van der Waals surface area contributed by atoms with E-state index in [1.807, 2.05) is 0 Å². The molecule has 0 bridgehead atoms. The van der Waals surface area contributed by atoms with Crippen LogP contribution in [0.3, 0.4) is 0 Å². The van der Waals surface area contributed by atoms with Crippen molar-refractivity contribution in [1.29, 1.82) is 0 Å². The number of likely N-dealkylation sites (tertiary alicyclic amines) is 1. The molecule has 2 aromatic carbocycles. The molecule has 2 aliphatic heterocycles. The maximum Gasteiger partial charge on any atom is 0.337 e. The number of halogens is 1. The fraction of sp³-hybridized carbons (Fsp3) is 0.292. The first-order valence-corrected chi connectivity index (χ1v) is 10.6. The van der Waals surface area contributed by atoms with Crippen LogP contribution < -0.4 is 0 Å². The molecule has 2 heterocycles. The van der Waals surface area contributed by atoms with Gasteiger partial charge in [-0.15, -0.1) is 0 Å². The Hall–Kier alpha value is -3.16. The number of ether oxygens (including phenoxy) is 2. The molecule has 2 aromatic rings. The van der Waals surface area contributed by atoms with Gasteiger partial charge in [0.05, 0.1) is 30.4 Å². The number of aliphatic hydroxyl groups is 1. The van der Waals surface area contributed by atoms with E-state index < -0.39 is 23.7 Å². The van der Waals surface area contributed by atoms with Crippen molar-refractivity contribution in [1.82, 2.24) is 4.90 Å². The molecule has 2 aliphatic rings. The lowest BCUT2D eigenvalue weighted by molar-refractivity contribution is -0.140. The number of methoxy groups -OCH3 is 1. The van der Waals surface area contributed by atoms with Gasteiger partial charge in [0.2, 0.25) is 0 Å². The minimum atomic E-state index is -0.818. The van der Waals surface area contributed by atoms with E-state index in [9.17, 15) is 19.5 Å². The van der Waals surface area contributed by atoms with Crippen molar-refractivity contribution in [3.8, 4) is 0 Å². The standard InChI is InChI=1S/C24H22ClNO6/c1-31-24(30)16-6-4-14(5-7-16)20-19(21(27)15-8-10-17(25)11-9-15)22(28)23(29)26(20)13-18-3-2-12-32-18/h4-11,18,20,27H,2-3,12-13H2,1H3/b21-19+/t18-,20+/m1/s1. The smallest absolute Gasteiger partial charge is 0.337 e. The maximum absolute atomic E-state index is 13.0.